The largest absolute Gasteiger partial charge is 0.394 e. The third-order valence-electron chi connectivity index (χ3n) is 4.59. The van der Waals surface area contributed by atoms with Gasteiger partial charge >= 0.3 is 0 Å². The molecule has 0 radical (unpaired) electrons. The molecule has 10 nitrogen and oxygen atoms in total. The Hall–Kier alpha value is -0.400. The van der Waals surface area contributed by atoms with Crippen LogP contribution in [0.2, 0.25) is 0 Å². The maximum atomic E-state index is 10.0. The maximum Gasteiger partial charge on any atom is 0.118 e. The summed E-state index contributed by atoms with van der Waals surface area (Å²) < 4.78 is 16.1. The molecule has 10 heteroatoms. The van der Waals surface area contributed by atoms with Crippen LogP contribution in [0.25, 0.3) is 0 Å². The van der Waals surface area contributed by atoms with Crippen molar-refractivity contribution in [3.05, 3.63) is 0 Å². The summed E-state index contributed by atoms with van der Waals surface area (Å²) in [5, 5.41) is 67.3. The van der Waals surface area contributed by atoms with Crippen LogP contribution in [-0.4, -0.2) is 117 Å². The van der Waals surface area contributed by atoms with Gasteiger partial charge in [0.15, 0.2) is 0 Å². The third kappa shape index (κ3) is 3.73. The van der Waals surface area contributed by atoms with Crippen molar-refractivity contribution in [1.82, 2.24) is 0 Å². The van der Waals surface area contributed by atoms with Crippen LogP contribution in [0.15, 0.2) is 0 Å². The number of hydrogen-bond acceptors (Lipinski definition) is 10. The first-order valence-corrected chi connectivity index (χ1v) is 7.78. The highest BCUT2D eigenvalue weighted by atomic mass is 16.6. The fourth-order valence-electron chi connectivity index (χ4n) is 3.01. The molecule has 2 saturated heterocycles. The number of aliphatic hydroxyl groups excluding tert-OH is 7. The topological polar surface area (TPSA) is 169 Å². The molecular weight excluding hydrogens is 328 g/mol. The number of rotatable bonds is 6. The summed E-state index contributed by atoms with van der Waals surface area (Å²) in [5.41, 5.74) is -1.26. The zero-order chi connectivity index (χ0) is 18.1. The van der Waals surface area contributed by atoms with Gasteiger partial charge in [-0.25, -0.2) is 0 Å². The minimum atomic E-state index is -1.49. The van der Waals surface area contributed by atoms with Crippen molar-refractivity contribution < 1.29 is 50.0 Å². The average Bonchev–Trinajstić information content (AvgIpc) is 2.79. The van der Waals surface area contributed by atoms with Gasteiger partial charge in [-0.05, 0) is 6.92 Å². The Bertz CT molecular complexity index is 407. The molecule has 2 aliphatic rings. The van der Waals surface area contributed by atoms with Gasteiger partial charge in [0.2, 0.25) is 0 Å². The van der Waals surface area contributed by atoms with Crippen LogP contribution in [-0.2, 0) is 14.2 Å². The molecule has 7 N–H and O–H groups in total. The lowest BCUT2D eigenvalue weighted by atomic mass is 9.95. The molecule has 2 heterocycles. The van der Waals surface area contributed by atoms with Gasteiger partial charge in [0.25, 0.3) is 0 Å². The summed E-state index contributed by atoms with van der Waals surface area (Å²) >= 11 is 0. The lowest BCUT2D eigenvalue weighted by molar-refractivity contribution is -0.242. The summed E-state index contributed by atoms with van der Waals surface area (Å²) in [6.45, 7) is 0.138. The van der Waals surface area contributed by atoms with Crippen molar-refractivity contribution in [1.29, 1.82) is 0 Å². The van der Waals surface area contributed by atoms with Gasteiger partial charge < -0.3 is 50.0 Å². The number of hydrogen-bond donors (Lipinski definition) is 7. The SMILES string of the molecule is CC1(COCC2OC(CO)C(O)C(O)C2O)OC(CO)C(O)C1O. The standard InChI is InChI=1S/C14H26O10/c1-14(13(21)11(19)7(3-16)24-14)5-22-4-8-10(18)12(20)9(17)6(2-15)23-8/h6-13,15-21H,2-5H2,1H3. The van der Waals surface area contributed by atoms with Crippen LogP contribution in [0.3, 0.4) is 0 Å². The lowest BCUT2D eigenvalue weighted by Gasteiger charge is -2.40. The highest BCUT2D eigenvalue weighted by molar-refractivity contribution is 4.99. The molecule has 2 aliphatic heterocycles. The van der Waals surface area contributed by atoms with E-state index in [0.29, 0.717) is 0 Å². The molecule has 9 atom stereocenters. The molecule has 0 aromatic heterocycles. The van der Waals surface area contributed by atoms with E-state index < -0.39 is 67.6 Å². The van der Waals surface area contributed by atoms with Crippen LogP contribution < -0.4 is 0 Å². The zero-order valence-corrected chi connectivity index (χ0v) is 13.3. The molecule has 0 saturated carbocycles. The zero-order valence-electron chi connectivity index (χ0n) is 13.3. The minimum absolute atomic E-state index is 0.170. The maximum absolute atomic E-state index is 10.0. The molecule has 2 fully saturated rings. The molecule has 142 valence electrons. The van der Waals surface area contributed by atoms with Crippen LogP contribution in [0.5, 0.6) is 0 Å². The van der Waals surface area contributed by atoms with Gasteiger partial charge in [-0.2, -0.15) is 0 Å². The van der Waals surface area contributed by atoms with Crippen LogP contribution in [0, 0.1) is 0 Å². The Kier molecular flexibility index (Phi) is 6.53. The first-order chi connectivity index (χ1) is 11.2. The van der Waals surface area contributed by atoms with E-state index in [0.717, 1.165) is 0 Å². The first-order valence-electron chi connectivity index (χ1n) is 7.78. The summed E-state index contributed by atoms with van der Waals surface area (Å²) in [5.74, 6) is 0. The van der Waals surface area contributed by atoms with Gasteiger partial charge in [-0.15, -0.1) is 0 Å². The molecule has 2 rings (SSSR count). The predicted molar refractivity (Wildman–Crippen MR) is 77.0 cm³/mol. The molecule has 9 unspecified atom stereocenters. The van der Waals surface area contributed by atoms with Gasteiger partial charge in [-0.1, -0.05) is 0 Å². The summed E-state index contributed by atoms with van der Waals surface area (Å²) in [4.78, 5) is 0. The molecule has 0 bridgehead atoms. The van der Waals surface area contributed by atoms with Crippen molar-refractivity contribution >= 4 is 0 Å². The smallest absolute Gasteiger partial charge is 0.118 e. The van der Waals surface area contributed by atoms with E-state index in [4.69, 9.17) is 24.4 Å². The van der Waals surface area contributed by atoms with Crippen molar-refractivity contribution in [3.63, 3.8) is 0 Å². The van der Waals surface area contributed by atoms with Gasteiger partial charge in [-0.3, -0.25) is 0 Å². The van der Waals surface area contributed by atoms with E-state index in [1.807, 2.05) is 0 Å². The van der Waals surface area contributed by atoms with E-state index in [1.165, 1.54) is 6.92 Å². The van der Waals surface area contributed by atoms with E-state index >= 15 is 0 Å². The summed E-state index contributed by atoms with van der Waals surface area (Å²) in [6, 6.07) is 0. The molecule has 0 aromatic carbocycles. The fourth-order valence-corrected chi connectivity index (χ4v) is 3.01. The Labute approximate surface area is 138 Å². The van der Waals surface area contributed by atoms with Crippen molar-refractivity contribution in [2.45, 2.75) is 61.4 Å². The van der Waals surface area contributed by atoms with Gasteiger partial charge in [0.1, 0.15) is 54.4 Å². The Morgan fingerprint density at radius 2 is 1.42 bits per heavy atom. The Morgan fingerprint density at radius 1 is 0.833 bits per heavy atom. The van der Waals surface area contributed by atoms with E-state index in [9.17, 15) is 25.5 Å². The van der Waals surface area contributed by atoms with E-state index in [1.54, 1.807) is 0 Å². The lowest BCUT2D eigenvalue weighted by Crippen LogP contribution is -2.59. The second-order valence-corrected chi connectivity index (χ2v) is 6.47. The third-order valence-corrected chi connectivity index (χ3v) is 4.59. The Morgan fingerprint density at radius 3 is 1.96 bits per heavy atom. The van der Waals surface area contributed by atoms with Crippen molar-refractivity contribution in [3.8, 4) is 0 Å². The Balaban J connectivity index is 1.89. The molecule has 0 amide bonds. The molecule has 0 aliphatic carbocycles. The highest BCUT2D eigenvalue weighted by Crippen LogP contribution is 2.31. The first kappa shape index (κ1) is 19.9. The summed E-state index contributed by atoms with van der Waals surface area (Å²) in [7, 11) is 0. The van der Waals surface area contributed by atoms with Crippen LogP contribution >= 0.6 is 0 Å². The minimum Gasteiger partial charge on any atom is -0.394 e. The number of aliphatic hydroxyl groups is 7. The van der Waals surface area contributed by atoms with Crippen LogP contribution in [0.1, 0.15) is 6.92 Å². The fraction of sp³-hybridized carbons (Fsp3) is 1.00. The summed E-state index contributed by atoms with van der Waals surface area (Å²) in [6.07, 6.45) is -9.84. The highest BCUT2D eigenvalue weighted by Gasteiger charge is 2.51. The second-order valence-electron chi connectivity index (χ2n) is 6.47. The molecular formula is C14H26O10. The van der Waals surface area contributed by atoms with Crippen LogP contribution in [0.4, 0.5) is 0 Å². The molecule has 0 spiro atoms. The monoisotopic (exact) mass is 354 g/mol. The van der Waals surface area contributed by atoms with Crippen molar-refractivity contribution in [2.24, 2.45) is 0 Å². The van der Waals surface area contributed by atoms with Crippen molar-refractivity contribution in [2.75, 3.05) is 26.4 Å². The number of ether oxygens (including phenoxy) is 3. The molecule has 0 aromatic rings. The van der Waals surface area contributed by atoms with E-state index in [2.05, 4.69) is 0 Å². The quantitative estimate of drug-likeness (QED) is 0.248. The van der Waals surface area contributed by atoms with Gasteiger partial charge in [0, 0.05) is 0 Å². The predicted octanol–water partition coefficient (Wildman–Crippen LogP) is -4.28. The second kappa shape index (κ2) is 7.87. The molecule has 24 heavy (non-hydrogen) atoms. The van der Waals surface area contributed by atoms with E-state index in [-0.39, 0.29) is 13.2 Å². The normalized spacial score (nSPS) is 49.5. The van der Waals surface area contributed by atoms with Gasteiger partial charge in [0.05, 0.1) is 26.4 Å². The average molecular weight is 354 g/mol.